The van der Waals surface area contributed by atoms with Crippen LogP contribution in [0.1, 0.15) is 43.0 Å². The number of carboxylic acids is 2. The lowest BCUT2D eigenvalue weighted by Crippen LogP contribution is -2.22. The molecule has 2 rings (SSSR count). The highest BCUT2D eigenvalue weighted by molar-refractivity contribution is 5.88. The molecule has 4 heteroatoms. The third-order valence-corrected chi connectivity index (χ3v) is 3.45. The molecule has 2 aromatic rings. The van der Waals surface area contributed by atoms with Crippen LogP contribution in [0.4, 0.5) is 0 Å². The van der Waals surface area contributed by atoms with Crippen LogP contribution in [-0.2, 0) is 0 Å². The zero-order valence-electron chi connectivity index (χ0n) is 12.3. The summed E-state index contributed by atoms with van der Waals surface area (Å²) < 4.78 is 0. The summed E-state index contributed by atoms with van der Waals surface area (Å²) in [6, 6.07) is 9.52. The van der Waals surface area contributed by atoms with Gasteiger partial charge >= 0.3 is 0 Å². The van der Waals surface area contributed by atoms with Gasteiger partial charge in [0.1, 0.15) is 0 Å². The second kappa shape index (κ2) is 6.26. The molecule has 0 N–H and O–H groups in total. The fourth-order valence-corrected chi connectivity index (χ4v) is 2.16. The van der Waals surface area contributed by atoms with Gasteiger partial charge in [-0.15, -0.1) is 0 Å². The minimum atomic E-state index is -1.20. The van der Waals surface area contributed by atoms with Gasteiger partial charge in [-0.3, -0.25) is 0 Å². The van der Waals surface area contributed by atoms with E-state index in [1.54, 1.807) is 24.3 Å². The molecule has 0 unspecified atom stereocenters. The van der Waals surface area contributed by atoms with Gasteiger partial charge in [0, 0.05) is 0 Å². The summed E-state index contributed by atoms with van der Waals surface area (Å²) in [5, 5.41) is 21.6. The van der Waals surface area contributed by atoms with Crippen LogP contribution in [0.25, 0.3) is 12.2 Å². The first kappa shape index (κ1) is 15.5. The fourth-order valence-electron chi connectivity index (χ4n) is 2.16. The maximum Gasteiger partial charge on any atom is 0.0715 e. The molecule has 2 aromatic carbocycles. The van der Waals surface area contributed by atoms with E-state index >= 15 is 0 Å². The van der Waals surface area contributed by atoms with Gasteiger partial charge in [-0.25, -0.2) is 0 Å². The summed E-state index contributed by atoms with van der Waals surface area (Å²) in [4.78, 5) is 21.6. The van der Waals surface area contributed by atoms with E-state index in [1.807, 2.05) is 26.0 Å². The minimum Gasteiger partial charge on any atom is -0.545 e. The van der Waals surface area contributed by atoms with E-state index in [4.69, 9.17) is 0 Å². The normalized spacial score (nSPS) is 10.8. The number of carboxylic acid groups (broad SMARTS) is 2. The van der Waals surface area contributed by atoms with Gasteiger partial charge in [0.2, 0.25) is 0 Å². The number of carbonyl (C=O) groups is 2. The van der Waals surface area contributed by atoms with Gasteiger partial charge in [0.25, 0.3) is 0 Å². The summed E-state index contributed by atoms with van der Waals surface area (Å²) in [5.74, 6) is -2.40. The number of hydrogen-bond donors (Lipinski definition) is 0. The van der Waals surface area contributed by atoms with E-state index in [-0.39, 0.29) is 11.1 Å². The molecule has 0 aromatic heterocycles. The van der Waals surface area contributed by atoms with Crippen LogP contribution < -0.4 is 10.2 Å². The molecule has 112 valence electrons. The molecule has 0 aliphatic heterocycles. The molecular weight excluding hydrogens is 280 g/mol. The Morgan fingerprint density at radius 3 is 1.41 bits per heavy atom. The largest absolute Gasteiger partial charge is 0.545 e. The van der Waals surface area contributed by atoms with Crippen LogP contribution in [0.5, 0.6) is 0 Å². The van der Waals surface area contributed by atoms with Crippen molar-refractivity contribution in [2.24, 2.45) is 0 Å². The topological polar surface area (TPSA) is 80.3 Å². The highest BCUT2D eigenvalue weighted by atomic mass is 16.4. The highest BCUT2D eigenvalue weighted by Crippen LogP contribution is 2.17. The van der Waals surface area contributed by atoms with E-state index in [0.29, 0.717) is 0 Å². The fraction of sp³-hybridized carbons (Fsp3) is 0.111. The van der Waals surface area contributed by atoms with Crippen molar-refractivity contribution < 1.29 is 19.8 Å². The molecule has 0 atom stereocenters. The Kier molecular flexibility index (Phi) is 4.41. The van der Waals surface area contributed by atoms with Crippen LogP contribution in [-0.4, -0.2) is 11.9 Å². The standard InChI is InChI=1S/C18H16O4/c1-11-9-15(17(19)20)7-5-13(11)3-4-14-6-8-16(18(21)22)10-12(14)2/h3-10H,1-2H3,(H,19,20)(H,21,22)/p-2/b4-3+. The Labute approximate surface area is 128 Å². The Morgan fingerprint density at radius 2 is 1.14 bits per heavy atom. The Hall–Kier alpha value is -2.88. The van der Waals surface area contributed by atoms with E-state index in [0.717, 1.165) is 22.3 Å². The molecule has 0 aliphatic carbocycles. The van der Waals surface area contributed by atoms with Gasteiger partial charge in [-0.2, -0.15) is 0 Å². The summed E-state index contributed by atoms with van der Waals surface area (Å²) in [6.45, 7) is 3.64. The van der Waals surface area contributed by atoms with E-state index in [1.165, 1.54) is 12.1 Å². The SMILES string of the molecule is Cc1cc(C(=O)[O-])ccc1/C=C/c1ccc(C(=O)[O-])cc1C. The predicted molar refractivity (Wildman–Crippen MR) is 79.9 cm³/mol. The molecule has 4 nitrogen and oxygen atoms in total. The molecule has 0 amide bonds. The first-order valence-electron chi connectivity index (χ1n) is 6.70. The second-order valence-corrected chi connectivity index (χ2v) is 5.05. The maximum absolute atomic E-state index is 10.8. The van der Waals surface area contributed by atoms with Gasteiger partial charge in [-0.1, -0.05) is 36.4 Å². The molecular formula is C18H14O4-2. The molecule has 0 spiro atoms. The van der Waals surface area contributed by atoms with Crippen molar-refractivity contribution in [1.82, 2.24) is 0 Å². The van der Waals surface area contributed by atoms with Crippen molar-refractivity contribution >= 4 is 24.1 Å². The molecule has 0 saturated carbocycles. The third-order valence-electron chi connectivity index (χ3n) is 3.45. The van der Waals surface area contributed by atoms with Crippen molar-refractivity contribution in [3.63, 3.8) is 0 Å². The molecule has 0 bridgehead atoms. The first-order valence-corrected chi connectivity index (χ1v) is 6.70. The quantitative estimate of drug-likeness (QED) is 0.794. The first-order chi connectivity index (χ1) is 10.4. The highest BCUT2D eigenvalue weighted by Gasteiger charge is 2.01. The van der Waals surface area contributed by atoms with Crippen LogP contribution in [0.3, 0.4) is 0 Å². The van der Waals surface area contributed by atoms with Crippen LogP contribution in [0.15, 0.2) is 36.4 Å². The number of rotatable bonds is 4. The number of aromatic carboxylic acids is 2. The van der Waals surface area contributed by atoms with Crippen molar-refractivity contribution in [1.29, 1.82) is 0 Å². The average molecular weight is 294 g/mol. The van der Waals surface area contributed by atoms with Crippen LogP contribution in [0, 0.1) is 13.8 Å². The van der Waals surface area contributed by atoms with Crippen LogP contribution >= 0.6 is 0 Å². The molecule has 0 fully saturated rings. The minimum absolute atomic E-state index is 0.143. The molecule has 0 aliphatic rings. The Bertz CT molecular complexity index is 707. The summed E-state index contributed by atoms with van der Waals surface area (Å²) in [5.41, 5.74) is 3.69. The average Bonchev–Trinajstić information content (AvgIpc) is 2.46. The predicted octanol–water partition coefficient (Wildman–Crippen LogP) is 1.20. The summed E-state index contributed by atoms with van der Waals surface area (Å²) in [7, 11) is 0. The lowest BCUT2D eigenvalue weighted by molar-refractivity contribution is -0.256. The van der Waals surface area contributed by atoms with Gasteiger partial charge in [0.05, 0.1) is 11.9 Å². The monoisotopic (exact) mass is 294 g/mol. The molecule has 0 radical (unpaired) electrons. The van der Waals surface area contributed by atoms with Gasteiger partial charge in [0.15, 0.2) is 0 Å². The van der Waals surface area contributed by atoms with Crippen LogP contribution in [0.2, 0.25) is 0 Å². The smallest absolute Gasteiger partial charge is 0.0715 e. The van der Waals surface area contributed by atoms with Gasteiger partial charge in [-0.05, 0) is 59.4 Å². The number of benzene rings is 2. The molecule has 0 saturated heterocycles. The van der Waals surface area contributed by atoms with E-state index in [2.05, 4.69) is 0 Å². The number of aryl methyl sites for hydroxylation is 2. The van der Waals surface area contributed by atoms with Gasteiger partial charge < -0.3 is 19.8 Å². The molecule has 0 heterocycles. The zero-order valence-corrected chi connectivity index (χ0v) is 12.3. The van der Waals surface area contributed by atoms with Crippen molar-refractivity contribution in [2.45, 2.75) is 13.8 Å². The van der Waals surface area contributed by atoms with Crippen molar-refractivity contribution in [3.8, 4) is 0 Å². The number of carbonyl (C=O) groups excluding carboxylic acids is 2. The summed E-state index contributed by atoms with van der Waals surface area (Å²) in [6.07, 6.45) is 3.71. The molecule has 22 heavy (non-hydrogen) atoms. The maximum atomic E-state index is 10.8. The summed E-state index contributed by atoms with van der Waals surface area (Å²) >= 11 is 0. The lowest BCUT2D eigenvalue weighted by Gasteiger charge is -2.08. The second-order valence-electron chi connectivity index (χ2n) is 5.05. The van der Waals surface area contributed by atoms with E-state index < -0.39 is 11.9 Å². The Morgan fingerprint density at radius 1 is 0.773 bits per heavy atom. The number of hydrogen-bond acceptors (Lipinski definition) is 4. The zero-order chi connectivity index (χ0) is 16.3. The third kappa shape index (κ3) is 3.41. The Balaban J connectivity index is 2.29. The lowest BCUT2D eigenvalue weighted by atomic mass is 10.0. The van der Waals surface area contributed by atoms with Crippen molar-refractivity contribution in [2.75, 3.05) is 0 Å². The van der Waals surface area contributed by atoms with Crippen molar-refractivity contribution in [3.05, 3.63) is 69.8 Å². The van der Waals surface area contributed by atoms with E-state index in [9.17, 15) is 19.8 Å².